The maximum absolute atomic E-state index is 12.3. The van der Waals surface area contributed by atoms with Crippen LogP contribution in [0, 0.1) is 0 Å². The van der Waals surface area contributed by atoms with Gasteiger partial charge >= 0.3 is 0 Å². The summed E-state index contributed by atoms with van der Waals surface area (Å²) in [6.45, 7) is 0. The molecule has 0 unspecified atom stereocenters. The van der Waals surface area contributed by atoms with Crippen molar-refractivity contribution in [1.82, 2.24) is 24.1 Å². The number of aromatic nitrogens is 5. The fourth-order valence-electron chi connectivity index (χ4n) is 3.12. The fraction of sp³-hybridized carbons (Fsp3) is 0.0476. The molecule has 31 heavy (non-hydrogen) atoms. The molecule has 10 heteroatoms. The highest BCUT2D eigenvalue weighted by Crippen LogP contribution is 2.34. The summed E-state index contributed by atoms with van der Waals surface area (Å²) in [5, 5.41) is 12.4. The van der Waals surface area contributed by atoms with Crippen molar-refractivity contribution in [1.29, 1.82) is 0 Å². The molecule has 3 aromatic heterocycles. The maximum atomic E-state index is 12.3. The molecular formula is C21H13Cl2N5OS2. The molecule has 2 aromatic carbocycles. The predicted octanol–water partition coefficient (Wildman–Crippen LogP) is 5.60. The first-order valence-electron chi connectivity index (χ1n) is 9.15. The molecular weight excluding hydrogens is 473 g/mol. The van der Waals surface area contributed by atoms with Gasteiger partial charge in [-0.3, -0.25) is 13.8 Å². The Morgan fingerprint density at radius 2 is 1.87 bits per heavy atom. The molecule has 0 aliphatic heterocycles. The van der Waals surface area contributed by atoms with E-state index in [1.807, 2.05) is 46.3 Å². The number of benzene rings is 2. The lowest BCUT2D eigenvalue weighted by atomic mass is 10.2. The lowest BCUT2D eigenvalue weighted by Gasteiger charge is -2.11. The van der Waals surface area contributed by atoms with Crippen LogP contribution in [0.4, 0.5) is 0 Å². The van der Waals surface area contributed by atoms with E-state index in [9.17, 15) is 4.79 Å². The largest absolute Gasteiger partial charge is 0.270 e. The van der Waals surface area contributed by atoms with Crippen LogP contribution in [-0.4, -0.2) is 24.1 Å². The Morgan fingerprint density at radius 3 is 2.68 bits per heavy atom. The quantitative estimate of drug-likeness (QED) is 0.303. The van der Waals surface area contributed by atoms with Gasteiger partial charge in [0, 0.05) is 39.7 Å². The van der Waals surface area contributed by atoms with E-state index in [0.717, 1.165) is 11.3 Å². The summed E-state index contributed by atoms with van der Waals surface area (Å²) < 4.78 is 3.47. The summed E-state index contributed by atoms with van der Waals surface area (Å²) in [5.41, 5.74) is 2.22. The first kappa shape index (κ1) is 20.3. The Balaban J connectivity index is 1.55. The molecule has 6 nitrogen and oxygen atoms in total. The highest BCUT2D eigenvalue weighted by atomic mass is 35.5. The van der Waals surface area contributed by atoms with Gasteiger partial charge in [-0.25, -0.2) is 4.98 Å². The second-order valence-corrected chi connectivity index (χ2v) is 9.19. The molecule has 0 aliphatic rings. The minimum absolute atomic E-state index is 0.0972. The van der Waals surface area contributed by atoms with E-state index >= 15 is 0 Å². The number of para-hydroxylation sites is 1. The summed E-state index contributed by atoms with van der Waals surface area (Å²) in [6, 6.07) is 16.6. The zero-order valence-corrected chi connectivity index (χ0v) is 18.9. The van der Waals surface area contributed by atoms with E-state index in [2.05, 4.69) is 15.2 Å². The summed E-state index contributed by atoms with van der Waals surface area (Å²) in [4.78, 5) is 17.5. The van der Waals surface area contributed by atoms with Crippen molar-refractivity contribution in [3.05, 3.63) is 92.3 Å². The first-order valence-corrected chi connectivity index (χ1v) is 11.8. The Kier molecular flexibility index (Phi) is 5.54. The van der Waals surface area contributed by atoms with E-state index in [-0.39, 0.29) is 5.56 Å². The topological polar surface area (TPSA) is 65.1 Å². The second kappa shape index (κ2) is 8.47. The minimum Gasteiger partial charge on any atom is -0.270 e. The molecule has 0 atom stereocenters. The lowest BCUT2D eigenvalue weighted by molar-refractivity contribution is 0.885. The van der Waals surface area contributed by atoms with Gasteiger partial charge in [0.25, 0.3) is 5.56 Å². The predicted molar refractivity (Wildman–Crippen MR) is 126 cm³/mol. The van der Waals surface area contributed by atoms with Crippen molar-refractivity contribution in [2.75, 3.05) is 0 Å². The van der Waals surface area contributed by atoms with E-state index in [1.165, 1.54) is 27.5 Å². The van der Waals surface area contributed by atoms with Crippen molar-refractivity contribution in [3.63, 3.8) is 0 Å². The van der Waals surface area contributed by atoms with Gasteiger partial charge in [0.1, 0.15) is 0 Å². The summed E-state index contributed by atoms with van der Waals surface area (Å²) >= 11 is 15.4. The van der Waals surface area contributed by atoms with Crippen LogP contribution in [-0.2, 0) is 5.75 Å². The van der Waals surface area contributed by atoms with E-state index in [1.54, 1.807) is 24.4 Å². The number of thioether (sulfide) groups is 1. The van der Waals surface area contributed by atoms with Crippen LogP contribution in [0.5, 0.6) is 0 Å². The average Bonchev–Trinajstić information content (AvgIpc) is 3.40. The standard InChI is InChI=1S/C21H13Cl2N5OS2/c22-13-6-7-16(17(23)10-13)19-25-26-21(28(19)15-4-2-1-3-5-15)31-12-14-11-18(29)27-8-9-30-20(27)24-14/h1-11H,12H2. The highest BCUT2D eigenvalue weighted by molar-refractivity contribution is 7.98. The number of hydrogen-bond donors (Lipinski definition) is 0. The molecule has 0 spiro atoms. The second-order valence-electron chi connectivity index (χ2n) is 6.53. The number of thiazole rings is 1. The maximum Gasteiger partial charge on any atom is 0.258 e. The van der Waals surface area contributed by atoms with Crippen molar-refractivity contribution in [2.24, 2.45) is 0 Å². The molecule has 3 heterocycles. The van der Waals surface area contributed by atoms with Gasteiger partial charge in [0.2, 0.25) is 0 Å². The Hall–Kier alpha value is -2.65. The molecule has 0 saturated carbocycles. The Labute approximate surface area is 195 Å². The zero-order valence-electron chi connectivity index (χ0n) is 15.8. The number of fused-ring (bicyclic) bond motifs is 1. The normalized spacial score (nSPS) is 11.3. The number of hydrogen-bond acceptors (Lipinski definition) is 6. The molecule has 0 radical (unpaired) electrons. The highest BCUT2D eigenvalue weighted by Gasteiger charge is 2.19. The summed E-state index contributed by atoms with van der Waals surface area (Å²) in [6.07, 6.45) is 1.72. The molecule has 0 N–H and O–H groups in total. The summed E-state index contributed by atoms with van der Waals surface area (Å²) in [7, 11) is 0. The molecule has 5 aromatic rings. The number of nitrogens with zero attached hydrogens (tertiary/aromatic N) is 5. The molecule has 5 rings (SSSR count). The van der Waals surface area contributed by atoms with Crippen LogP contribution in [0.2, 0.25) is 10.0 Å². The fourth-order valence-corrected chi connectivity index (χ4v) is 5.19. The minimum atomic E-state index is -0.0972. The molecule has 0 aliphatic carbocycles. The van der Waals surface area contributed by atoms with Crippen LogP contribution >= 0.6 is 46.3 Å². The third kappa shape index (κ3) is 3.99. The molecule has 0 amide bonds. The Bertz CT molecular complexity index is 1450. The summed E-state index contributed by atoms with van der Waals surface area (Å²) in [5.74, 6) is 1.08. The van der Waals surface area contributed by atoms with Gasteiger partial charge in [-0.15, -0.1) is 21.5 Å². The monoisotopic (exact) mass is 485 g/mol. The molecule has 0 saturated heterocycles. The van der Waals surface area contributed by atoms with Crippen LogP contribution in [0.15, 0.2) is 76.1 Å². The van der Waals surface area contributed by atoms with Gasteiger partial charge in [-0.2, -0.15) is 0 Å². The van der Waals surface area contributed by atoms with Gasteiger partial charge in [0.15, 0.2) is 15.9 Å². The van der Waals surface area contributed by atoms with Crippen molar-refractivity contribution in [3.8, 4) is 17.1 Å². The van der Waals surface area contributed by atoms with Crippen LogP contribution < -0.4 is 5.56 Å². The van der Waals surface area contributed by atoms with Crippen molar-refractivity contribution in [2.45, 2.75) is 10.9 Å². The van der Waals surface area contributed by atoms with E-state index in [4.69, 9.17) is 23.2 Å². The van der Waals surface area contributed by atoms with Gasteiger partial charge in [-0.1, -0.05) is 53.2 Å². The smallest absolute Gasteiger partial charge is 0.258 e. The van der Waals surface area contributed by atoms with Crippen LogP contribution in [0.25, 0.3) is 22.0 Å². The third-order valence-corrected chi connectivity index (χ3v) is 6.79. The van der Waals surface area contributed by atoms with Gasteiger partial charge < -0.3 is 0 Å². The van der Waals surface area contributed by atoms with Crippen molar-refractivity contribution >= 4 is 51.3 Å². The van der Waals surface area contributed by atoms with Gasteiger partial charge in [0.05, 0.1) is 10.7 Å². The molecule has 0 fully saturated rings. The van der Waals surface area contributed by atoms with E-state index in [0.29, 0.717) is 37.4 Å². The number of rotatable bonds is 5. The zero-order chi connectivity index (χ0) is 21.4. The van der Waals surface area contributed by atoms with Crippen LogP contribution in [0.1, 0.15) is 5.69 Å². The molecule has 154 valence electrons. The number of halogens is 2. The van der Waals surface area contributed by atoms with Crippen LogP contribution in [0.3, 0.4) is 0 Å². The van der Waals surface area contributed by atoms with E-state index < -0.39 is 0 Å². The average molecular weight is 486 g/mol. The van der Waals surface area contributed by atoms with Gasteiger partial charge in [-0.05, 0) is 30.3 Å². The third-order valence-electron chi connectivity index (χ3n) is 4.53. The Morgan fingerprint density at radius 1 is 1.03 bits per heavy atom. The lowest BCUT2D eigenvalue weighted by Crippen LogP contribution is -2.12. The molecule has 0 bridgehead atoms. The SMILES string of the molecule is O=c1cc(CSc2nnc(-c3ccc(Cl)cc3Cl)n2-c2ccccc2)nc2sccn12. The first-order chi connectivity index (χ1) is 15.1. The van der Waals surface area contributed by atoms with Crippen molar-refractivity contribution < 1.29 is 0 Å².